The highest BCUT2D eigenvalue weighted by Gasteiger charge is 2.38. The van der Waals surface area contributed by atoms with Crippen molar-refractivity contribution >= 4 is 27.1 Å². The van der Waals surface area contributed by atoms with Crippen LogP contribution in [0.2, 0.25) is 0 Å². The molecule has 11 heteroatoms. The Balaban J connectivity index is 1.42. The summed E-state index contributed by atoms with van der Waals surface area (Å²) in [5, 5.41) is 7.74. The van der Waals surface area contributed by atoms with Gasteiger partial charge in [0, 0.05) is 49.9 Å². The quantitative estimate of drug-likeness (QED) is 0.296. The smallest absolute Gasteiger partial charge is 0.268 e. The monoisotopic (exact) mass is 554 g/mol. The summed E-state index contributed by atoms with van der Waals surface area (Å²) >= 11 is 1.39. The summed E-state index contributed by atoms with van der Waals surface area (Å²) in [4.78, 5) is 17.6. The molecule has 2 N–H and O–H groups in total. The average molecular weight is 555 g/mol. The first-order valence-corrected chi connectivity index (χ1v) is 14.3. The molecule has 0 bridgehead atoms. The van der Waals surface area contributed by atoms with E-state index in [0.717, 1.165) is 11.1 Å². The molecule has 9 nitrogen and oxygen atoms in total. The van der Waals surface area contributed by atoms with E-state index >= 15 is 0 Å². The predicted octanol–water partition coefficient (Wildman–Crippen LogP) is 4.63. The number of nitrogens with zero attached hydrogens (tertiary/aromatic N) is 1. The van der Waals surface area contributed by atoms with E-state index in [-0.39, 0.29) is 17.4 Å². The molecule has 5 rings (SSSR count). The van der Waals surface area contributed by atoms with E-state index in [0.29, 0.717) is 48.1 Å². The number of methoxy groups -OCH3 is 1. The molecule has 2 aromatic carbocycles. The lowest BCUT2D eigenvalue weighted by Gasteiger charge is -2.36. The first kappa shape index (κ1) is 26.3. The molecule has 1 saturated heterocycles. The predicted molar refractivity (Wildman–Crippen MR) is 142 cm³/mol. The molecule has 0 radical (unpaired) electrons. The van der Waals surface area contributed by atoms with Gasteiger partial charge in [0.2, 0.25) is 10.0 Å². The van der Waals surface area contributed by atoms with Crippen LogP contribution in [0.1, 0.15) is 29.1 Å². The molecule has 0 unspecified atom stereocenters. The molecule has 0 saturated carbocycles. The highest BCUT2D eigenvalue weighted by Crippen LogP contribution is 2.43. The lowest BCUT2D eigenvalue weighted by atomic mass is 9.87. The Morgan fingerprint density at radius 2 is 1.76 bits per heavy atom. The zero-order valence-electron chi connectivity index (χ0n) is 20.6. The number of hydrogen-bond donors (Lipinski definition) is 1. The van der Waals surface area contributed by atoms with Gasteiger partial charge < -0.3 is 18.6 Å². The summed E-state index contributed by atoms with van der Waals surface area (Å²) in [6.07, 6.45) is 1.39. The lowest BCUT2D eigenvalue weighted by Crippen LogP contribution is -2.35. The summed E-state index contributed by atoms with van der Waals surface area (Å²) in [5.41, 5.74) is 2.12. The molecule has 198 valence electrons. The van der Waals surface area contributed by atoms with Crippen LogP contribution in [0.25, 0.3) is 22.6 Å². The fraction of sp³-hybridized carbons (Fsp3) is 0.259. The van der Waals surface area contributed by atoms with E-state index in [2.05, 4.69) is 4.98 Å². The van der Waals surface area contributed by atoms with Crippen molar-refractivity contribution in [1.82, 2.24) is 4.98 Å². The Morgan fingerprint density at radius 3 is 2.42 bits per heavy atom. The summed E-state index contributed by atoms with van der Waals surface area (Å²) in [7, 11) is -2.18. The zero-order chi connectivity index (χ0) is 26.8. The first-order valence-electron chi connectivity index (χ1n) is 11.9. The van der Waals surface area contributed by atoms with Crippen LogP contribution in [0.5, 0.6) is 5.06 Å². The van der Waals surface area contributed by atoms with Crippen LogP contribution in [0, 0.1) is 0 Å². The number of aromatic nitrogens is 1. The minimum absolute atomic E-state index is 0.0307. The van der Waals surface area contributed by atoms with Crippen LogP contribution in [0.3, 0.4) is 0 Å². The number of benzene rings is 2. The highest BCUT2D eigenvalue weighted by atomic mass is 32.2. The first-order chi connectivity index (χ1) is 18.3. The van der Waals surface area contributed by atoms with E-state index in [1.807, 2.05) is 41.8 Å². The molecule has 0 spiro atoms. The van der Waals surface area contributed by atoms with Crippen LogP contribution < -0.4 is 9.88 Å². The maximum absolute atomic E-state index is 13.2. The van der Waals surface area contributed by atoms with Crippen molar-refractivity contribution in [2.24, 2.45) is 5.14 Å². The molecule has 1 aliphatic heterocycles. The Morgan fingerprint density at radius 1 is 1.05 bits per heavy atom. The van der Waals surface area contributed by atoms with Gasteiger partial charge in [-0.05, 0) is 35.7 Å². The maximum Gasteiger partial charge on any atom is 0.268 e. The number of sulfonamides is 1. The molecule has 3 heterocycles. The number of ether oxygens (including phenoxy) is 3. The fourth-order valence-electron chi connectivity index (χ4n) is 4.45. The van der Waals surface area contributed by atoms with Gasteiger partial charge in [-0.2, -0.15) is 0 Å². The third-order valence-corrected chi connectivity index (χ3v) is 8.26. The van der Waals surface area contributed by atoms with Crippen molar-refractivity contribution in [3.63, 3.8) is 0 Å². The molecule has 0 amide bonds. The topological polar surface area (TPSA) is 131 Å². The normalized spacial score (nSPS) is 15.3. The summed E-state index contributed by atoms with van der Waals surface area (Å²) in [6.45, 7) is 0.894. The number of oxazole rings is 1. The van der Waals surface area contributed by atoms with Crippen LogP contribution in [0.4, 0.5) is 0 Å². The third kappa shape index (κ3) is 5.29. The van der Waals surface area contributed by atoms with E-state index in [1.54, 1.807) is 19.2 Å². The van der Waals surface area contributed by atoms with Crippen LogP contribution >= 0.6 is 11.3 Å². The summed E-state index contributed by atoms with van der Waals surface area (Å²) < 4.78 is 46.6. The van der Waals surface area contributed by atoms with Gasteiger partial charge in [0.15, 0.2) is 17.4 Å². The Hall–Kier alpha value is -3.35. The second kappa shape index (κ2) is 10.8. The second-order valence-corrected chi connectivity index (χ2v) is 11.2. The Bertz CT molecular complexity index is 1520. The number of Topliss-reactive ketones (excluding diaryl/α,β-unsaturated/α-hetero) is 1. The Labute approximate surface area is 224 Å². The molecular weight excluding hydrogens is 528 g/mol. The van der Waals surface area contributed by atoms with Gasteiger partial charge in [-0.3, -0.25) is 4.79 Å². The average Bonchev–Trinajstić information content (AvgIpc) is 3.60. The fourth-order valence-corrected chi connectivity index (χ4v) is 5.80. The van der Waals surface area contributed by atoms with Crippen molar-refractivity contribution in [2.45, 2.75) is 23.3 Å². The zero-order valence-corrected chi connectivity index (χ0v) is 22.2. The molecule has 2 aromatic heterocycles. The van der Waals surface area contributed by atoms with Gasteiger partial charge in [0.25, 0.3) is 11.7 Å². The number of rotatable bonds is 9. The van der Waals surface area contributed by atoms with Gasteiger partial charge in [-0.25, -0.2) is 18.5 Å². The molecule has 1 fully saturated rings. The Kier molecular flexibility index (Phi) is 7.46. The molecule has 0 atom stereocenters. The van der Waals surface area contributed by atoms with Gasteiger partial charge in [-0.15, -0.1) is 11.3 Å². The molecular formula is C27H26N2O7S2. The van der Waals surface area contributed by atoms with Crippen molar-refractivity contribution in [1.29, 1.82) is 0 Å². The number of thiophene rings is 1. The van der Waals surface area contributed by atoms with E-state index in [9.17, 15) is 13.2 Å². The van der Waals surface area contributed by atoms with E-state index in [1.165, 1.54) is 23.5 Å². The van der Waals surface area contributed by atoms with Crippen molar-refractivity contribution < 1.29 is 31.8 Å². The minimum atomic E-state index is -3.85. The number of primary sulfonamides is 1. The van der Waals surface area contributed by atoms with E-state index < -0.39 is 21.4 Å². The van der Waals surface area contributed by atoms with Crippen LogP contribution in [0.15, 0.2) is 75.4 Å². The van der Waals surface area contributed by atoms with Crippen molar-refractivity contribution in [2.75, 3.05) is 26.9 Å². The van der Waals surface area contributed by atoms with Gasteiger partial charge in [0.05, 0.1) is 4.90 Å². The van der Waals surface area contributed by atoms with Gasteiger partial charge in [0.1, 0.15) is 11.3 Å². The van der Waals surface area contributed by atoms with Gasteiger partial charge in [-0.1, -0.05) is 30.3 Å². The van der Waals surface area contributed by atoms with Crippen molar-refractivity contribution in [3.8, 4) is 27.6 Å². The number of hydrogen-bond acceptors (Lipinski definition) is 9. The molecule has 4 aromatic rings. The second-order valence-electron chi connectivity index (χ2n) is 8.78. The third-order valence-electron chi connectivity index (χ3n) is 6.50. The van der Waals surface area contributed by atoms with Crippen LogP contribution in [-0.4, -0.2) is 46.1 Å². The minimum Gasteiger partial charge on any atom is -0.475 e. The van der Waals surface area contributed by atoms with Gasteiger partial charge >= 0.3 is 0 Å². The highest BCUT2D eigenvalue weighted by molar-refractivity contribution is 7.89. The maximum atomic E-state index is 13.2. The summed E-state index contributed by atoms with van der Waals surface area (Å²) in [6, 6.07) is 17.1. The number of carbonyl (C=O) groups is 1. The summed E-state index contributed by atoms with van der Waals surface area (Å²) in [5.74, 6) is -0.217. The molecule has 0 aliphatic carbocycles. The molecule has 1 aliphatic rings. The van der Waals surface area contributed by atoms with Crippen LogP contribution in [-0.2, 0) is 25.1 Å². The van der Waals surface area contributed by atoms with Crippen molar-refractivity contribution in [3.05, 3.63) is 77.5 Å². The van der Waals surface area contributed by atoms with E-state index in [4.69, 9.17) is 23.8 Å². The number of nitrogens with two attached hydrogens (primary N) is 1. The SMILES string of the molecule is COC1(c2ccsc2OCC(=O)c2nc(-c3ccccc3)c(-c3ccc(S(N)(=O)=O)cc3)o2)CCOCC1. The lowest BCUT2D eigenvalue weighted by molar-refractivity contribution is -0.0955. The number of ketones is 1. The molecule has 38 heavy (non-hydrogen) atoms. The standard InChI is InChI=1S/C27H26N2O7S2/c1-33-27(12-14-34-15-13-27)21-11-16-37-26(21)35-17-22(30)25-29-23(18-5-3-2-4-6-18)24(36-25)19-7-9-20(10-8-19)38(28,31)32/h2-11,16H,12-15,17H2,1H3,(H2,28,31,32). The number of carbonyl (C=O) groups excluding carboxylic acids is 1. The largest absolute Gasteiger partial charge is 0.475 e.